The number of hydrogen-bond acceptors (Lipinski definition) is 5. The highest BCUT2D eigenvalue weighted by Crippen LogP contribution is 2.35. The average molecular weight is 572 g/mol. The Morgan fingerprint density at radius 3 is 1.55 bits per heavy atom. The summed E-state index contributed by atoms with van der Waals surface area (Å²) >= 11 is 0. The lowest BCUT2D eigenvalue weighted by atomic mass is 9.93. The van der Waals surface area contributed by atoms with Crippen molar-refractivity contribution in [3.63, 3.8) is 0 Å². The summed E-state index contributed by atoms with van der Waals surface area (Å²) in [6, 6.07) is 32.0. The molecule has 0 spiro atoms. The zero-order valence-corrected chi connectivity index (χ0v) is 23.0. The molecule has 0 unspecified atom stereocenters. The highest BCUT2D eigenvalue weighted by atomic mass is 16.4. The van der Waals surface area contributed by atoms with Crippen LogP contribution in [0.2, 0.25) is 0 Å². The van der Waals surface area contributed by atoms with Gasteiger partial charge in [-0.25, -0.2) is 14.6 Å². The van der Waals surface area contributed by atoms with Crippen LogP contribution in [0.4, 0.5) is 0 Å². The minimum Gasteiger partial charge on any atom is -0.478 e. The molecule has 0 saturated carbocycles. The van der Waals surface area contributed by atoms with Crippen LogP contribution in [0.25, 0.3) is 55.1 Å². The molecule has 7 rings (SSSR count). The second kappa shape index (κ2) is 10.8. The lowest BCUT2D eigenvalue weighted by molar-refractivity contribution is 0.0686. The van der Waals surface area contributed by atoms with Crippen molar-refractivity contribution in [2.45, 2.75) is 0 Å². The van der Waals surface area contributed by atoms with Gasteiger partial charge in [0.25, 0.3) is 0 Å². The van der Waals surface area contributed by atoms with Crippen molar-refractivity contribution in [1.29, 1.82) is 0 Å². The van der Waals surface area contributed by atoms with Gasteiger partial charge in [0.15, 0.2) is 0 Å². The first-order chi connectivity index (χ1) is 21.4. The van der Waals surface area contributed by atoms with Crippen molar-refractivity contribution < 1.29 is 19.8 Å². The Bertz CT molecular complexity index is 2330. The van der Waals surface area contributed by atoms with E-state index in [1.54, 1.807) is 18.3 Å². The molecule has 0 amide bonds. The van der Waals surface area contributed by atoms with E-state index in [0.29, 0.717) is 17.0 Å². The molecule has 0 bridgehead atoms. The summed E-state index contributed by atoms with van der Waals surface area (Å²) in [4.78, 5) is 36.6. The molecule has 7 aromatic rings. The fourth-order valence-corrected chi connectivity index (χ4v) is 5.40. The topological polar surface area (TPSA) is 113 Å². The number of carboxylic acid groups (broad SMARTS) is 2. The zero-order chi connectivity index (χ0) is 30.2. The van der Waals surface area contributed by atoms with E-state index < -0.39 is 11.9 Å². The van der Waals surface area contributed by atoms with Gasteiger partial charge in [0, 0.05) is 23.5 Å². The predicted molar refractivity (Wildman–Crippen MR) is 170 cm³/mol. The maximum Gasteiger partial charge on any atom is 0.335 e. The molecular formula is C37H21N3O4. The zero-order valence-electron chi connectivity index (χ0n) is 23.0. The van der Waals surface area contributed by atoms with Gasteiger partial charge in [0.1, 0.15) is 0 Å². The Balaban J connectivity index is 1.29. The van der Waals surface area contributed by atoms with E-state index in [1.807, 2.05) is 12.1 Å². The van der Waals surface area contributed by atoms with Crippen LogP contribution in [0.1, 0.15) is 31.8 Å². The Kier molecular flexibility index (Phi) is 6.50. The van der Waals surface area contributed by atoms with Gasteiger partial charge in [0.2, 0.25) is 0 Å². The van der Waals surface area contributed by atoms with Crippen LogP contribution in [0, 0.1) is 11.8 Å². The SMILES string of the molecule is O=C(O)c1ccnc(-c2cc(C(=O)O)cc(-c3cc(C#Cc4ccc5c6ccccc6c6ccccc6c5c4)ccn3)n2)c1. The number of carbonyl (C=O) groups is 2. The first-order valence-corrected chi connectivity index (χ1v) is 13.7. The number of aromatic nitrogens is 3. The molecule has 7 nitrogen and oxygen atoms in total. The van der Waals surface area contributed by atoms with E-state index >= 15 is 0 Å². The molecular weight excluding hydrogens is 550 g/mol. The highest BCUT2D eigenvalue weighted by Gasteiger charge is 2.15. The van der Waals surface area contributed by atoms with Gasteiger partial charge in [-0.3, -0.25) is 9.97 Å². The summed E-state index contributed by atoms with van der Waals surface area (Å²) in [5, 5.41) is 26.2. The van der Waals surface area contributed by atoms with Crippen LogP contribution in [0.3, 0.4) is 0 Å². The molecule has 0 aliphatic rings. The molecule has 3 aromatic heterocycles. The number of aromatic carboxylic acids is 2. The second-order valence-electron chi connectivity index (χ2n) is 10.2. The average Bonchev–Trinajstić information content (AvgIpc) is 3.07. The normalized spacial score (nSPS) is 10.9. The fourth-order valence-electron chi connectivity index (χ4n) is 5.40. The van der Waals surface area contributed by atoms with Crippen LogP contribution in [-0.2, 0) is 0 Å². The Hall–Kier alpha value is -6.39. The van der Waals surface area contributed by atoms with Crippen LogP contribution in [0.15, 0.2) is 116 Å². The molecule has 0 saturated heterocycles. The Morgan fingerprint density at radius 1 is 0.477 bits per heavy atom. The maximum absolute atomic E-state index is 11.9. The van der Waals surface area contributed by atoms with E-state index in [0.717, 1.165) is 10.9 Å². The van der Waals surface area contributed by atoms with Crippen LogP contribution in [-0.4, -0.2) is 37.1 Å². The molecule has 44 heavy (non-hydrogen) atoms. The Labute approximate surface area is 251 Å². The summed E-state index contributed by atoms with van der Waals surface area (Å²) in [7, 11) is 0. The lowest BCUT2D eigenvalue weighted by Gasteiger charge is -2.10. The van der Waals surface area contributed by atoms with E-state index in [2.05, 4.69) is 81.4 Å². The van der Waals surface area contributed by atoms with Gasteiger partial charge in [-0.15, -0.1) is 0 Å². The smallest absolute Gasteiger partial charge is 0.335 e. The molecule has 0 fully saturated rings. The Morgan fingerprint density at radius 2 is 0.955 bits per heavy atom. The number of rotatable bonds is 4. The summed E-state index contributed by atoms with van der Waals surface area (Å²) in [5.41, 5.74) is 2.70. The van der Waals surface area contributed by atoms with Crippen molar-refractivity contribution in [2.75, 3.05) is 0 Å². The lowest BCUT2D eigenvalue weighted by Crippen LogP contribution is -2.02. The number of benzene rings is 4. The van der Waals surface area contributed by atoms with Gasteiger partial charge >= 0.3 is 11.9 Å². The summed E-state index contributed by atoms with van der Waals surface area (Å²) in [6.07, 6.45) is 2.94. The maximum atomic E-state index is 11.9. The van der Waals surface area contributed by atoms with Gasteiger partial charge in [-0.2, -0.15) is 0 Å². The van der Waals surface area contributed by atoms with Gasteiger partial charge in [-0.1, -0.05) is 66.4 Å². The molecule has 0 aliphatic heterocycles. The van der Waals surface area contributed by atoms with Crippen molar-refractivity contribution in [3.8, 4) is 34.6 Å². The van der Waals surface area contributed by atoms with Crippen LogP contribution >= 0.6 is 0 Å². The van der Waals surface area contributed by atoms with Crippen molar-refractivity contribution in [3.05, 3.63) is 138 Å². The minimum absolute atomic E-state index is 0.0179. The van der Waals surface area contributed by atoms with Crippen LogP contribution < -0.4 is 0 Å². The monoisotopic (exact) mass is 571 g/mol. The molecule has 4 aromatic carbocycles. The number of fused-ring (bicyclic) bond motifs is 6. The third kappa shape index (κ3) is 4.87. The standard InChI is InChI=1S/C37H21N3O4/c41-36(42)24-14-16-39-33(19-24)35-21-25(37(43)44)20-34(40-35)32-18-23(13-15-38-32)10-9-22-11-12-30-28-7-2-1-5-26(28)27-6-3-4-8-29(27)31(30)17-22/h1-8,11-21H,(H,41,42)(H,43,44). The molecule has 208 valence electrons. The minimum atomic E-state index is -1.16. The summed E-state index contributed by atoms with van der Waals surface area (Å²) in [5.74, 6) is 4.21. The fraction of sp³-hybridized carbons (Fsp3) is 0. The van der Waals surface area contributed by atoms with Crippen molar-refractivity contribution in [2.24, 2.45) is 0 Å². The molecule has 2 N–H and O–H groups in total. The summed E-state index contributed by atoms with van der Waals surface area (Å²) < 4.78 is 0. The van der Waals surface area contributed by atoms with Crippen molar-refractivity contribution in [1.82, 2.24) is 15.0 Å². The van der Waals surface area contributed by atoms with Crippen LogP contribution in [0.5, 0.6) is 0 Å². The van der Waals surface area contributed by atoms with E-state index in [4.69, 9.17) is 0 Å². The van der Waals surface area contributed by atoms with Gasteiger partial charge in [0.05, 0.1) is 33.9 Å². The highest BCUT2D eigenvalue weighted by molar-refractivity contribution is 6.25. The van der Waals surface area contributed by atoms with E-state index in [1.165, 1.54) is 57.4 Å². The third-order valence-electron chi connectivity index (χ3n) is 7.46. The largest absolute Gasteiger partial charge is 0.478 e. The van der Waals surface area contributed by atoms with Gasteiger partial charge < -0.3 is 10.2 Å². The molecule has 7 heteroatoms. The number of carboxylic acids is 2. The number of nitrogens with zero attached hydrogens (tertiary/aromatic N) is 3. The van der Waals surface area contributed by atoms with E-state index in [-0.39, 0.29) is 22.5 Å². The molecule has 0 atom stereocenters. The number of pyridine rings is 3. The second-order valence-corrected chi connectivity index (χ2v) is 10.2. The molecule has 0 radical (unpaired) electrons. The molecule has 3 heterocycles. The first-order valence-electron chi connectivity index (χ1n) is 13.7. The van der Waals surface area contributed by atoms with Crippen molar-refractivity contribution >= 4 is 44.3 Å². The quantitative estimate of drug-likeness (QED) is 0.166. The molecule has 0 aliphatic carbocycles. The number of hydrogen-bond donors (Lipinski definition) is 2. The predicted octanol–water partition coefficient (Wildman–Crippen LogP) is 7.46. The first kappa shape index (κ1) is 26.5. The third-order valence-corrected chi connectivity index (χ3v) is 7.46. The van der Waals surface area contributed by atoms with Gasteiger partial charge in [-0.05, 0) is 80.8 Å². The van der Waals surface area contributed by atoms with E-state index in [9.17, 15) is 19.8 Å². The summed E-state index contributed by atoms with van der Waals surface area (Å²) in [6.45, 7) is 0.